The Labute approximate surface area is 109 Å². The molecular weight excluding hydrogens is 253 g/mol. The van der Waals surface area contributed by atoms with Gasteiger partial charge in [-0.25, -0.2) is 9.18 Å². The number of aliphatic carboxylic acids is 1. The molecule has 1 aliphatic rings. The Morgan fingerprint density at radius 3 is 2.58 bits per heavy atom. The molecule has 0 bridgehead atoms. The fraction of sp³-hybridized carbons (Fsp3) is 0.385. The van der Waals surface area contributed by atoms with Gasteiger partial charge in [-0.15, -0.1) is 0 Å². The van der Waals surface area contributed by atoms with Gasteiger partial charge in [0.1, 0.15) is 17.1 Å². The van der Waals surface area contributed by atoms with Crippen LogP contribution in [0.4, 0.5) is 4.39 Å². The maximum absolute atomic E-state index is 13.1. The van der Waals surface area contributed by atoms with Crippen LogP contribution < -0.4 is 5.32 Å². The lowest BCUT2D eigenvalue weighted by Gasteiger charge is -2.26. The van der Waals surface area contributed by atoms with E-state index in [-0.39, 0.29) is 17.2 Å². The molecule has 0 radical (unpaired) electrons. The highest BCUT2D eigenvalue weighted by Crippen LogP contribution is 2.40. The number of phenols is 1. The number of carbonyl (C=O) groups is 2. The van der Waals surface area contributed by atoms with Crippen molar-refractivity contribution in [1.82, 2.24) is 5.32 Å². The minimum Gasteiger partial charge on any atom is -0.507 e. The minimum absolute atomic E-state index is 0.135. The van der Waals surface area contributed by atoms with Crippen LogP contribution in [0, 0.1) is 11.7 Å². The summed E-state index contributed by atoms with van der Waals surface area (Å²) in [6.07, 6.45) is 1.44. The summed E-state index contributed by atoms with van der Waals surface area (Å²) in [5.74, 6) is -3.13. The number of carbonyl (C=O) groups excluding carboxylic acids is 1. The van der Waals surface area contributed by atoms with Gasteiger partial charge in [0.25, 0.3) is 5.91 Å². The molecule has 1 amide bonds. The largest absolute Gasteiger partial charge is 0.507 e. The topological polar surface area (TPSA) is 86.6 Å². The van der Waals surface area contributed by atoms with Gasteiger partial charge in [0, 0.05) is 0 Å². The molecule has 5 nitrogen and oxygen atoms in total. The number of carboxylic acids is 1. The van der Waals surface area contributed by atoms with E-state index < -0.39 is 23.2 Å². The van der Waals surface area contributed by atoms with Crippen LogP contribution in [0.5, 0.6) is 5.75 Å². The SMILES string of the molecule is CC(NC(=O)c1cc(F)ccc1O)(C(=O)O)C1CC1. The highest BCUT2D eigenvalue weighted by Gasteiger charge is 2.48. The molecule has 0 aromatic heterocycles. The second-order valence-electron chi connectivity index (χ2n) is 4.90. The van der Waals surface area contributed by atoms with Crippen LogP contribution in [-0.2, 0) is 4.79 Å². The van der Waals surface area contributed by atoms with E-state index in [4.69, 9.17) is 0 Å². The van der Waals surface area contributed by atoms with Crippen LogP contribution in [0.25, 0.3) is 0 Å². The standard InChI is InChI=1S/C13H14FNO4/c1-13(12(18)19,7-2-3-7)15-11(17)9-6-8(14)4-5-10(9)16/h4-7,16H,2-3H2,1H3,(H,15,17)(H,18,19). The Morgan fingerprint density at radius 2 is 2.05 bits per heavy atom. The average Bonchev–Trinajstić information content (AvgIpc) is 3.16. The highest BCUT2D eigenvalue weighted by molar-refractivity contribution is 6.00. The minimum atomic E-state index is -1.39. The summed E-state index contributed by atoms with van der Waals surface area (Å²) in [6, 6.07) is 2.95. The van der Waals surface area contributed by atoms with Crippen LogP contribution in [0.2, 0.25) is 0 Å². The van der Waals surface area contributed by atoms with Gasteiger partial charge in [-0.3, -0.25) is 4.79 Å². The van der Waals surface area contributed by atoms with E-state index in [1.807, 2.05) is 0 Å². The molecule has 0 heterocycles. The highest BCUT2D eigenvalue weighted by atomic mass is 19.1. The number of carboxylic acid groups (broad SMARTS) is 1. The molecular formula is C13H14FNO4. The first-order valence-corrected chi connectivity index (χ1v) is 5.89. The third-order valence-corrected chi connectivity index (χ3v) is 3.41. The van der Waals surface area contributed by atoms with Gasteiger partial charge in [-0.2, -0.15) is 0 Å². The van der Waals surface area contributed by atoms with Gasteiger partial charge >= 0.3 is 5.97 Å². The molecule has 1 aliphatic carbocycles. The summed E-state index contributed by atoms with van der Waals surface area (Å²) >= 11 is 0. The van der Waals surface area contributed by atoms with Crippen LogP contribution in [-0.4, -0.2) is 27.6 Å². The Hall–Kier alpha value is -2.11. The molecule has 1 atom stereocenters. The summed E-state index contributed by atoms with van der Waals surface area (Å²) < 4.78 is 13.1. The van der Waals surface area contributed by atoms with Crippen molar-refractivity contribution in [3.05, 3.63) is 29.6 Å². The molecule has 19 heavy (non-hydrogen) atoms. The lowest BCUT2D eigenvalue weighted by molar-refractivity contribution is -0.144. The van der Waals surface area contributed by atoms with E-state index in [2.05, 4.69) is 5.32 Å². The zero-order chi connectivity index (χ0) is 14.2. The average molecular weight is 267 g/mol. The summed E-state index contributed by atoms with van der Waals surface area (Å²) in [4.78, 5) is 23.2. The third-order valence-electron chi connectivity index (χ3n) is 3.41. The van der Waals surface area contributed by atoms with Crippen LogP contribution >= 0.6 is 0 Å². The van der Waals surface area contributed by atoms with Gasteiger partial charge in [-0.05, 0) is 43.9 Å². The summed E-state index contributed by atoms with van der Waals surface area (Å²) in [5, 5.41) is 21.1. The maximum atomic E-state index is 13.1. The van der Waals surface area contributed by atoms with E-state index in [9.17, 15) is 24.2 Å². The number of amides is 1. The molecule has 6 heteroatoms. The van der Waals surface area contributed by atoms with Gasteiger partial charge in [-0.1, -0.05) is 0 Å². The maximum Gasteiger partial charge on any atom is 0.329 e. The van der Waals surface area contributed by atoms with Crippen molar-refractivity contribution in [2.24, 2.45) is 5.92 Å². The number of rotatable bonds is 4. The molecule has 1 saturated carbocycles. The molecule has 1 aromatic carbocycles. The number of hydrogen-bond donors (Lipinski definition) is 3. The van der Waals surface area contributed by atoms with Crippen molar-refractivity contribution >= 4 is 11.9 Å². The lowest BCUT2D eigenvalue weighted by Crippen LogP contribution is -2.54. The molecule has 0 spiro atoms. The summed E-state index contributed by atoms with van der Waals surface area (Å²) in [7, 11) is 0. The van der Waals surface area contributed by atoms with Gasteiger partial charge in [0.15, 0.2) is 0 Å². The first kappa shape index (κ1) is 13.3. The molecule has 2 rings (SSSR count). The van der Waals surface area contributed by atoms with Crippen molar-refractivity contribution in [2.45, 2.75) is 25.3 Å². The van der Waals surface area contributed by atoms with Crippen LogP contribution in [0.3, 0.4) is 0 Å². The molecule has 102 valence electrons. The molecule has 1 unspecified atom stereocenters. The van der Waals surface area contributed by atoms with Crippen molar-refractivity contribution in [3.63, 3.8) is 0 Å². The predicted octanol–water partition coefficient (Wildman–Crippen LogP) is 1.51. The first-order valence-electron chi connectivity index (χ1n) is 5.89. The van der Waals surface area contributed by atoms with E-state index in [0.29, 0.717) is 0 Å². The Bertz CT molecular complexity index is 541. The lowest BCUT2D eigenvalue weighted by atomic mass is 9.95. The quantitative estimate of drug-likeness (QED) is 0.771. The third kappa shape index (κ3) is 2.52. The summed E-state index contributed by atoms with van der Waals surface area (Å²) in [6.45, 7) is 1.42. The van der Waals surface area contributed by atoms with Crippen molar-refractivity contribution in [3.8, 4) is 5.75 Å². The molecule has 3 N–H and O–H groups in total. The number of nitrogens with one attached hydrogen (secondary N) is 1. The van der Waals surface area contributed by atoms with E-state index in [0.717, 1.165) is 31.0 Å². The fourth-order valence-corrected chi connectivity index (χ4v) is 1.98. The van der Waals surface area contributed by atoms with Gasteiger partial charge < -0.3 is 15.5 Å². The fourth-order valence-electron chi connectivity index (χ4n) is 1.98. The Kier molecular flexibility index (Phi) is 3.18. The zero-order valence-corrected chi connectivity index (χ0v) is 10.3. The van der Waals surface area contributed by atoms with Gasteiger partial charge in [0.05, 0.1) is 5.56 Å². The van der Waals surface area contributed by atoms with E-state index in [1.54, 1.807) is 0 Å². The summed E-state index contributed by atoms with van der Waals surface area (Å²) in [5.41, 5.74) is -1.66. The molecule has 1 fully saturated rings. The van der Waals surface area contributed by atoms with Crippen LogP contribution in [0.15, 0.2) is 18.2 Å². The van der Waals surface area contributed by atoms with E-state index >= 15 is 0 Å². The van der Waals surface area contributed by atoms with Crippen molar-refractivity contribution < 1.29 is 24.2 Å². The number of benzene rings is 1. The Balaban J connectivity index is 2.25. The number of halogens is 1. The van der Waals surface area contributed by atoms with Crippen molar-refractivity contribution in [1.29, 1.82) is 0 Å². The first-order chi connectivity index (χ1) is 8.84. The monoisotopic (exact) mass is 267 g/mol. The van der Waals surface area contributed by atoms with Crippen molar-refractivity contribution in [2.75, 3.05) is 0 Å². The Morgan fingerprint density at radius 1 is 1.42 bits per heavy atom. The molecule has 0 aliphatic heterocycles. The number of aromatic hydroxyl groups is 1. The second kappa shape index (κ2) is 4.53. The normalized spacial score (nSPS) is 17.6. The van der Waals surface area contributed by atoms with Crippen LogP contribution in [0.1, 0.15) is 30.1 Å². The smallest absolute Gasteiger partial charge is 0.329 e. The molecule has 0 saturated heterocycles. The number of phenolic OH excluding ortho intramolecular Hbond substituents is 1. The zero-order valence-electron chi connectivity index (χ0n) is 10.3. The second-order valence-corrected chi connectivity index (χ2v) is 4.90. The van der Waals surface area contributed by atoms with Gasteiger partial charge in [0.2, 0.25) is 0 Å². The van der Waals surface area contributed by atoms with E-state index in [1.165, 1.54) is 6.92 Å². The number of hydrogen-bond acceptors (Lipinski definition) is 3. The predicted molar refractivity (Wildman–Crippen MR) is 64.3 cm³/mol. The molecule has 1 aromatic rings.